The molecule has 0 aromatic heterocycles. The van der Waals surface area contributed by atoms with E-state index in [0.29, 0.717) is 5.75 Å². The zero-order chi connectivity index (χ0) is 35.3. The molecule has 0 bridgehead atoms. The van der Waals surface area contributed by atoms with E-state index >= 15 is 0 Å². The number of carbonyl (C=O) groups excluding carboxylic acids is 2. The van der Waals surface area contributed by atoms with Crippen LogP contribution in [0, 0.1) is 0 Å². The van der Waals surface area contributed by atoms with Gasteiger partial charge in [0.15, 0.2) is 12.6 Å². The summed E-state index contributed by atoms with van der Waals surface area (Å²) < 4.78 is 39.7. The number of ether oxygens (including phenoxy) is 7. The van der Waals surface area contributed by atoms with E-state index in [1.54, 1.807) is 24.3 Å². The lowest BCUT2D eigenvalue weighted by atomic mass is 9.94. The SMILES string of the molecule is COc1ccc(O[C@@H]2O[C@H](CO)[C@@H](O[C@@H]3O[C@H](CO)[C@H](O[C@H]4O[C@H](CO)[C@@H](O)[C@H](O)[C@H]4NC(C)=O)[C@H](O)[C@H]3O)[C@H](O)[C@H]2NC(C)=O)cc1. The first-order valence-corrected chi connectivity index (χ1v) is 15.2. The summed E-state index contributed by atoms with van der Waals surface area (Å²) in [7, 11) is 1.48. The Kier molecular flexibility index (Phi) is 13.3. The van der Waals surface area contributed by atoms with Gasteiger partial charge in [-0.05, 0) is 24.3 Å². The molecule has 3 aliphatic rings. The van der Waals surface area contributed by atoms with Crippen molar-refractivity contribution in [1.82, 2.24) is 10.6 Å². The molecule has 2 amide bonds. The van der Waals surface area contributed by atoms with Gasteiger partial charge in [0.1, 0.15) is 84.6 Å². The zero-order valence-corrected chi connectivity index (χ0v) is 26.3. The van der Waals surface area contributed by atoms with Crippen LogP contribution in [-0.2, 0) is 33.3 Å². The van der Waals surface area contributed by atoms with Gasteiger partial charge in [-0.3, -0.25) is 9.59 Å². The Labute approximate surface area is 274 Å². The zero-order valence-electron chi connectivity index (χ0n) is 26.3. The van der Waals surface area contributed by atoms with Gasteiger partial charge in [0.25, 0.3) is 0 Å². The minimum atomic E-state index is -1.94. The predicted octanol–water partition coefficient (Wildman–Crippen LogP) is -5.19. The van der Waals surface area contributed by atoms with E-state index in [1.807, 2.05) is 0 Å². The molecule has 0 unspecified atom stereocenters. The fraction of sp³-hybridized carbons (Fsp3) is 0.724. The second-order valence-electron chi connectivity index (χ2n) is 11.6. The van der Waals surface area contributed by atoms with Gasteiger partial charge in [-0.2, -0.15) is 0 Å². The van der Waals surface area contributed by atoms with Crippen molar-refractivity contribution in [1.29, 1.82) is 0 Å². The minimum absolute atomic E-state index is 0.278. The standard InChI is InChI=1S/C29H44N2O17/c1-11(35)30-18-21(38)20(37)15(8-32)44-28(18)47-26-17(10-34)46-29(24(41)23(26)40)48-25-16(9-33)45-27(19(22(25)39)31-12(2)36)43-14-6-4-13(42-3)5-7-14/h4-7,15-29,32-34,37-41H,8-10H2,1-3H3,(H,30,35)(H,31,36)/t15-,16-,17-,18-,19-,20-,21-,22-,23-,24-,25-,26+,27-,28-,29+/m1/s1. The van der Waals surface area contributed by atoms with E-state index < -0.39 is 124 Å². The molecule has 48 heavy (non-hydrogen) atoms. The minimum Gasteiger partial charge on any atom is -0.497 e. The monoisotopic (exact) mass is 692 g/mol. The Balaban J connectivity index is 1.51. The maximum atomic E-state index is 12.1. The van der Waals surface area contributed by atoms with Gasteiger partial charge in [0.05, 0.1) is 26.9 Å². The fourth-order valence-electron chi connectivity index (χ4n) is 5.74. The van der Waals surface area contributed by atoms with Crippen molar-refractivity contribution in [2.24, 2.45) is 0 Å². The lowest BCUT2D eigenvalue weighted by Gasteiger charge is -2.49. The van der Waals surface area contributed by atoms with Crippen LogP contribution in [-0.4, -0.2) is 172 Å². The van der Waals surface area contributed by atoms with Crippen LogP contribution in [0.4, 0.5) is 0 Å². The molecule has 0 saturated carbocycles. The molecule has 10 N–H and O–H groups in total. The molecule has 19 heteroatoms. The predicted molar refractivity (Wildman–Crippen MR) is 156 cm³/mol. The maximum absolute atomic E-state index is 12.1. The van der Waals surface area contributed by atoms with Crippen LogP contribution in [0.5, 0.6) is 11.5 Å². The number of aliphatic hydroxyl groups excluding tert-OH is 8. The summed E-state index contributed by atoms with van der Waals surface area (Å²) in [6.07, 6.45) is -20.7. The van der Waals surface area contributed by atoms with Gasteiger partial charge >= 0.3 is 0 Å². The summed E-state index contributed by atoms with van der Waals surface area (Å²) in [6.45, 7) is -0.000475. The third-order valence-electron chi connectivity index (χ3n) is 8.19. The average Bonchev–Trinajstić information content (AvgIpc) is 3.06. The average molecular weight is 693 g/mol. The van der Waals surface area contributed by atoms with Crippen LogP contribution in [0.15, 0.2) is 24.3 Å². The number of benzene rings is 1. The third kappa shape index (κ3) is 8.51. The largest absolute Gasteiger partial charge is 0.497 e. The second-order valence-corrected chi connectivity index (χ2v) is 11.6. The maximum Gasteiger partial charge on any atom is 0.223 e. The molecule has 3 saturated heterocycles. The van der Waals surface area contributed by atoms with Crippen molar-refractivity contribution in [2.75, 3.05) is 26.9 Å². The first kappa shape index (κ1) is 38.0. The highest BCUT2D eigenvalue weighted by Gasteiger charge is 2.54. The van der Waals surface area contributed by atoms with Crippen molar-refractivity contribution < 1.29 is 83.6 Å². The smallest absolute Gasteiger partial charge is 0.223 e. The Morgan fingerprint density at radius 1 is 0.625 bits per heavy atom. The topological polar surface area (TPSA) is 285 Å². The first-order valence-electron chi connectivity index (χ1n) is 15.2. The van der Waals surface area contributed by atoms with Gasteiger partial charge in [-0.1, -0.05) is 0 Å². The molecular formula is C29H44N2O17. The third-order valence-corrected chi connectivity index (χ3v) is 8.19. The summed E-state index contributed by atoms with van der Waals surface area (Å²) >= 11 is 0. The summed E-state index contributed by atoms with van der Waals surface area (Å²) in [6, 6.07) is 3.65. The van der Waals surface area contributed by atoms with Crippen molar-refractivity contribution in [3.63, 3.8) is 0 Å². The highest BCUT2D eigenvalue weighted by Crippen LogP contribution is 2.33. The molecule has 3 fully saturated rings. The van der Waals surface area contributed by atoms with Crippen molar-refractivity contribution in [2.45, 2.75) is 106 Å². The van der Waals surface area contributed by atoms with E-state index in [1.165, 1.54) is 14.0 Å². The molecule has 3 heterocycles. The van der Waals surface area contributed by atoms with Crippen molar-refractivity contribution >= 4 is 11.8 Å². The number of methoxy groups -OCH3 is 1. The molecule has 0 radical (unpaired) electrons. The van der Waals surface area contributed by atoms with Gasteiger partial charge in [0.2, 0.25) is 18.1 Å². The van der Waals surface area contributed by atoms with Crippen LogP contribution in [0.3, 0.4) is 0 Å². The highest BCUT2D eigenvalue weighted by molar-refractivity contribution is 5.73. The molecule has 272 valence electrons. The number of rotatable bonds is 12. The van der Waals surface area contributed by atoms with Gasteiger partial charge in [-0.15, -0.1) is 0 Å². The molecule has 19 nitrogen and oxygen atoms in total. The lowest BCUT2D eigenvalue weighted by Crippen LogP contribution is -2.69. The highest BCUT2D eigenvalue weighted by atomic mass is 16.8. The summed E-state index contributed by atoms with van der Waals surface area (Å²) in [5.41, 5.74) is 0. The molecular weight excluding hydrogens is 648 g/mol. The van der Waals surface area contributed by atoms with Crippen LogP contribution in [0.1, 0.15) is 13.8 Å². The van der Waals surface area contributed by atoms with Crippen LogP contribution in [0.25, 0.3) is 0 Å². The molecule has 1 aromatic carbocycles. The van der Waals surface area contributed by atoms with Gasteiger partial charge in [-0.25, -0.2) is 0 Å². The van der Waals surface area contributed by atoms with Crippen LogP contribution < -0.4 is 20.1 Å². The number of nitrogens with one attached hydrogen (secondary N) is 2. The van der Waals surface area contributed by atoms with E-state index in [-0.39, 0.29) is 5.75 Å². The molecule has 0 spiro atoms. The molecule has 1 aromatic rings. The summed E-state index contributed by atoms with van der Waals surface area (Å²) in [4.78, 5) is 23.9. The van der Waals surface area contributed by atoms with E-state index in [2.05, 4.69) is 10.6 Å². The number of hydrogen-bond donors (Lipinski definition) is 10. The number of carbonyl (C=O) groups is 2. The quantitative estimate of drug-likeness (QED) is 0.0980. The summed E-state index contributed by atoms with van der Waals surface area (Å²) in [5, 5.41) is 89.1. The molecule has 15 atom stereocenters. The molecule has 4 rings (SSSR count). The van der Waals surface area contributed by atoms with Gasteiger partial charge < -0.3 is 84.6 Å². The Hall–Kier alpha value is -2.76. The van der Waals surface area contributed by atoms with E-state index in [0.717, 1.165) is 6.92 Å². The number of hydrogen-bond acceptors (Lipinski definition) is 17. The molecule has 0 aliphatic carbocycles. The summed E-state index contributed by atoms with van der Waals surface area (Å²) in [5.74, 6) is -0.390. The van der Waals surface area contributed by atoms with Crippen LogP contribution >= 0.6 is 0 Å². The first-order chi connectivity index (χ1) is 22.8. The Morgan fingerprint density at radius 2 is 1.08 bits per heavy atom. The second kappa shape index (κ2) is 16.8. The normalized spacial score (nSPS) is 40.1. The van der Waals surface area contributed by atoms with Crippen LogP contribution in [0.2, 0.25) is 0 Å². The Morgan fingerprint density at radius 3 is 1.60 bits per heavy atom. The van der Waals surface area contributed by atoms with Gasteiger partial charge in [0, 0.05) is 13.8 Å². The Bertz CT molecular complexity index is 1190. The van der Waals surface area contributed by atoms with Crippen molar-refractivity contribution in [3.8, 4) is 11.5 Å². The van der Waals surface area contributed by atoms with E-state index in [9.17, 15) is 50.4 Å². The lowest BCUT2D eigenvalue weighted by molar-refractivity contribution is -0.365. The van der Waals surface area contributed by atoms with E-state index in [4.69, 9.17) is 33.2 Å². The molecule has 3 aliphatic heterocycles. The fourth-order valence-corrected chi connectivity index (χ4v) is 5.74. The van der Waals surface area contributed by atoms with Crippen molar-refractivity contribution in [3.05, 3.63) is 24.3 Å². The number of aliphatic hydroxyl groups is 8. The number of amides is 2.